The molecule has 0 radical (unpaired) electrons. The summed E-state index contributed by atoms with van der Waals surface area (Å²) in [7, 11) is 0. The molecular weight excluding hydrogens is 242 g/mol. The van der Waals surface area contributed by atoms with Crippen LogP contribution in [0.5, 0.6) is 0 Å². The molecule has 0 aromatic heterocycles. The number of rotatable bonds is 14. The van der Waals surface area contributed by atoms with Crippen molar-refractivity contribution in [2.75, 3.05) is 6.54 Å². The molecule has 0 aromatic rings. The highest BCUT2D eigenvalue weighted by atomic mass is 14.9. The topological polar surface area (TPSA) is 12.0 Å². The molecule has 0 rings (SSSR count). The van der Waals surface area contributed by atoms with Crippen LogP contribution in [0, 0.1) is 5.92 Å². The first kappa shape index (κ1) is 19.3. The third-order valence-corrected chi connectivity index (χ3v) is 3.96. The van der Waals surface area contributed by atoms with E-state index < -0.39 is 0 Å². The summed E-state index contributed by atoms with van der Waals surface area (Å²) in [6.07, 6.45) is 12.9. The van der Waals surface area contributed by atoms with Gasteiger partial charge >= 0.3 is 0 Å². The molecule has 0 saturated heterocycles. The molecule has 0 aliphatic carbocycles. The fourth-order valence-corrected chi connectivity index (χ4v) is 2.62. The maximum Gasteiger partial charge on any atom is 0.0143 e. The molecule has 0 aliphatic heterocycles. The van der Waals surface area contributed by atoms with Crippen molar-refractivity contribution >= 4 is 0 Å². The molecule has 0 fully saturated rings. The van der Waals surface area contributed by atoms with Crippen molar-refractivity contribution in [1.29, 1.82) is 0 Å². The maximum atomic E-state index is 4.12. The Labute approximate surface area is 127 Å². The summed E-state index contributed by atoms with van der Waals surface area (Å²) in [5, 5.41) is 3.48. The Morgan fingerprint density at radius 1 is 1.00 bits per heavy atom. The van der Waals surface area contributed by atoms with Gasteiger partial charge in [-0.1, -0.05) is 64.5 Å². The molecule has 0 spiro atoms. The van der Waals surface area contributed by atoms with Gasteiger partial charge in [-0.15, -0.1) is 6.58 Å². The van der Waals surface area contributed by atoms with E-state index in [9.17, 15) is 0 Å². The first-order valence-corrected chi connectivity index (χ1v) is 8.66. The zero-order valence-corrected chi connectivity index (χ0v) is 14.3. The van der Waals surface area contributed by atoms with Crippen LogP contribution in [0.3, 0.4) is 0 Å². The van der Waals surface area contributed by atoms with Gasteiger partial charge in [0.05, 0.1) is 0 Å². The van der Waals surface area contributed by atoms with E-state index in [-0.39, 0.29) is 0 Å². The monoisotopic (exact) mass is 279 g/mol. The summed E-state index contributed by atoms with van der Waals surface area (Å²) in [5.41, 5.74) is 2.56. The van der Waals surface area contributed by atoms with Gasteiger partial charge in [0.2, 0.25) is 0 Å². The second-order valence-electron chi connectivity index (χ2n) is 6.27. The predicted octanol–water partition coefficient (Wildman–Crippen LogP) is 6.22. The second-order valence-corrected chi connectivity index (χ2v) is 6.27. The van der Waals surface area contributed by atoms with Crippen LogP contribution < -0.4 is 5.32 Å². The summed E-state index contributed by atoms with van der Waals surface area (Å²) in [5.74, 6) is 0.838. The lowest BCUT2D eigenvalue weighted by Gasteiger charge is -2.15. The second kappa shape index (κ2) is 13.3. The van der Waals surface area contributed by atoms with Crippen molar-refractivity contribution < 1.29 is 0 Å². The van der Waals surface area contributed by atoms with E-state index in [2.05, 4.69) is 39.2 Å². The van der Waals surface area contributed by atoms with Crippen molar-refractivity contribution in [2.45, 2.75) is 85.0 Å². The van der Waals surface area contributed by atoms with Crippen molar-refractivity contribution in [3.63, 3.8) is 0 Å². The number of unbranched alkanes of at least 4 members (excludes halogenated alkanes) is 4. The van der Waals surface area contributed by atoms with Crippen molar-refractivity contribution in [2.24, 2.45) is 5.92 Å². The Balaban J connectivity index is 3.46. The molecule has 118 valence electrons. The summed E-state index contributed by atoms with van der Waals surface area (Å²) in [4.78, 5) is 0. The number of hydrogen-bond acceptors (Lipinski definition) is 1. The fourth-order valence-electron chi connectivity index (χ4n) is 2.62. The van der Waals surface area contributed by atoms with E-state index in [4.69, 9.17) is 0 Å². The predicted molar refractivity (Wildman–Crippen MR) is 93.0 cm³/mol. The van der Waals surface area contributed by atoms with Gasteiger partial charge in [0.15, 0.2) is 0 Å². The van der Waals surface area contributed by atoms with Crippen LogP contribution in [0.4, 0.5) is 0 Å². The molecule has 0 heterocycles. The summed E-state index contributed by atoms with van der Waals surface area (Å²) in [6, 6.07) is 0. The lowest BCUT2D eigenvalue weighted by molar-refractivity contribution is 0.440. The van der Waals surface area contributed by atoms with Crippen LogP contribution in [-0.2, 0) is 0 Å². The fraction of sp³-hybridized carbons (Fsp3) is 0.789. The first-order chi connectivity index (χ1) is 9.60. The minimum Gasteiger partial charge on any atom is -0.389 e. The Morgan fingerprint density at radius 3 is 2.35 bits per heavy atom. The molecule has 0 aliphatic rings. The van der Waals surface area contributed by atoms with Crippen LogP contribution in [-0.4, -0.2) is 6.54 Å². The molecule has 0 amide bonds. The highest BCUT2D eigenvalue weighted by Crippen LogP contribution is 2.20. The zero-order chi connectivity index (χ0) is 15.2. The highest BCUT2D eigenvalue weighted by molar-refractivity contribution is 4.91. The molecule has 1 atom stereocenters. The molecule has 0 aromatic carbocycles. The molecule has 1 N–H and O–H groups in total. The zero-order valence-electron chi connectivity index (χ0n) is 14.3. The number of allylic oxidation sites excluding steroid dienone is 2. The standard InChI is InChI=1S/C19H37N/c1-6-8-9-10-13-18(5)20-15-12-11-14-19(7-2)16-17(3)4/h19-20H,3,5-16H2,1-2,4H3. The number of hydrogen-bond donors (Lipinski definition) is 1. The highest BCUT2D eigenvalue weighted by Gasteiger charge is 2.05. The van der Waals surface area contributed by atoms with Gasteiger partial charge in [0.1, 0.15) is 0 Å². The molecular formula is C19H37N. The molecule has 1 unspecified atom stereocenters. The molecule has 1 heteroatoms. The van der Waals surface area contributed by atoms with E-state index >= 15 is 0 Å². The van der Waals surface area contributed by atoms with Crippen LogP contribution in [0.1, 0.15) is 85.0 Å². The average molecular weight is 280 g/mol. The first-order valence-electron chi connectivity index (χ1n) is 8.66. The van der Waals surface area contributed by atoms with Gasteiger partial charge in [-0.3, -0.25) is 0 Å². The largest absolute Gasteiger partial charge is 0.389 e. The molecule has 1 nitrogen and oxygen atoms in total. The Morgan fingerprint density at radius 2 is 1.75 bits per heavy atom. The van der Waals surface area contributed by atoms with E-state index in [0.29, 0.717) is 0 Å². The van der Waals surface area contributed by atoms with Gasteiger partial charge < -0.3 is 5.32 Å². The van der Waals surface area contributed by atoms with Crippen LogP contribution in [0.25, 0.3) is 0 Å². The van der Waals surface area contributed by atoms with Gasteiger partial charge in [-0.05, 0) is 38.5 Å². The van der Waals surface area contributed by atoms with Gasteiger partial charge in [0.25, 0.3) is 0 Å². The van der Waals surface area contributed by atoms with Gasteiger partial charge in [-0.2, -0.15) is 0 Å². The Kier molecular flexibility index (Phi) is 12.8. The smallest absolute Gasteiger partial charge is 0.0143 e. The summed E-state index contributed by atoms with van der Waals surface area (Å²) in [6.45, 7) is 15.9. The minimum absolute atomic E-state index is 0.838. The number of nitrogens with one attached hydrogen (secondary N) is 1. The average Bonchev–Trinajstić information content (AvgIpc) is 2.41. The quantitative estimate of drug-likeness (QED) is 0.294. The van der Waals surface area contributed by atoms with Gasteiger partial charge in [0, 0.05) is 12.2 Å². The Bertz CT molecular complexity index is 254. The van der Waals surface area contributed by atoms with E-state index in [1.807, 2.05) is 0 Å². The van der Waals surface area contributed by atoms with Crippen LogP contribution in [0.2, 0.25) is 0 Å². The van der Waals surface area contributed by atoms with Crippen molar-refractivity contribution in [1.82, 2.24) is 5.32 Å². The molecule has 20 heavy (non-hydrogen) atoms. The maximum absolute atomic E-state index is 4.12. The SMILES string of the molecule is C=C(C)CC(CC)CCCCNC(=C)CCCCCC. The van der Waals surface area contributed by atoms with E-state index in [0.717, 1.165) is 18.9 Å². The minimum atomic E-state index is 0.838. The lowest BCUT2D eigenvalue weighted by Crippen LogP contribution is -2.14. The lowest BCUT2D eigenvalue weighted by atomic mass is 9.93. The van der Waals surface area contributed by atoms with Crippen molar-refractivity contribution in [3.8, 4) is 0 Å². The summed E-state index contributed by atoms with van der Waals surface area (Å²) >= 11 is 0. The van der Waals surface area contributed by atoms with Crippen LogP contribution in [0.15, 0.2) is 24.4 Å². The third kappa shape index (κ3) is 12.3. The van der Waals surface area contributed by atoms with E-state index in [1.54, 1.807) is 0 Å². The molecule has 0 saturated carbocycles. The van der Waals surface area contributed by atoms with E-state index in [1.165, 1.54) is 69.1 Å². The Hall–Kier alpha value is -0.720. The van der Waals surface area contributed by atoms with Gasteiger partial charge in [-0.25, -0.2) is 0 Å². The third-order valence-electron chi connectivity index (χ3n) is 3.96. The normalized spacial score (nSPS) is 12.2. The summed E-state index contributed by atoms with van der Waals surface area (Å²) < 4.78 is 0. The van der Waals surface area contributed by atoms with Crippen molar-refractivity contribution in [3.05, 3.63) is 24.4 Å². The molecule has 0 bridgehead atoms. The van der Waals surface area contributed by atoms with Crippen LogP contribution >= 0.6 is 0 Å².